The van der Waals surface area contributed by atoms with E-state index in [0.717, 1.165) is 0 Å². The number of hydrogen-bond acceptors (Lipinski definition) is 2. The second-order valence-corrected chi connectivity index (χ2v) is 3.54. The molecule has 0 N–H and O–H groups in total. The Bertz CT molecular complexity index is 351. The maximum atomic E-state index is 12.7. The molecular formula is C13H22F2N2. The summed E-state index contributed by atoms with van der Waals surface area (Å²) in [6, 6.07) is 1.70. The van der Waals surface area contributed by atoms with Crippen molar-refractivity contribution in [2.75, 3.05) is 0 Å². The molecule has 0 amide bonds. The van der Waals surface area contributed by atoms with Crippen molar-refractivity contribution >= 4 is 0 Å². The largest absolute Gasteiger partial charge is 0.256 e. The molecule has 1 atom stereocenters. The molecule has 1 aliphatic rings. The summed E-state index contributed by atoms with van der Waals surface area (Å²) in [4.78, 5) is 0. The van der Waals surface area contributed by atoms with Gasteiger partial charge >= 0.3 is 0 Å². The molecule has 0 bridgehead atoms. The summed E-state index contributed by atoms with van der Waals surface area (Å²) in [5.41, 5.74) is 1.97. The first kappa shape index (κ1) is 15.9. The molecular weight excluding hydrogens is 222 g/mol. The topological polar surface area (TPSA) is 25.8 Å². The molecule has 1 aromatic heterocycles. The quantitative estimate of drug-likeness (QED) is 0.737. The van der Waals surface area contributed by atoms with Gasteiger partial charge in [0.2, 0.25) is 0 Å². The lowest BCUT2D eigenvalue weighted by atomic mass is 10.1. The minimum atomic E-state index is -2.51. The van der Waals surface area contributed by atoms with Crippen LogP contribution < -0.4 is 0 Å². The van der Waals surface area contributed by atoms with E-state index in [2.05, 4.69) is 10.2 Å². The van der Waals surface area contributed by atoms with E-state index in [1.807, 2.05) is 27.7 Å². The lowest BCUT2D eigenvalue weighted by molar-refractivity contribution is 0.112. The molecule has 2 nitrogen and oxygen atoms in total. The van der Waals surface area contributed by atoms with Gasteiger partial charge in [0.1, 0.15) is 0 Å². The summed E-state index contributed by atoms with van der Waals surface area (Å²) in [5.74, 6) is -3.14. The number of nitrogens with zero attached hydrogens (tertiary/aromatic N) is 2. The first-order valence-corrected chi connectivity index (χ1v) is 6.19. The van der Waals surface area contributed by atoms with E-state index >= 15 is 0 Å². The van der Waals surface area contributed by atoms with Crippen LogP contribution in [0.5, 0.6) is 0 Å². The van der Waals surface area contributed by atoms with Crippen molar-refractivity contribution in [3.05, 3.63) is 23.0 Å². The SMILES string of the molecule is CC.CC.Cc1cc(C2CC2(F)F)c(C)nn1. The summed E-state index contributed by atoms with van der Waals surface area (Å²) >= 11 is 0. The average molecular weight is 244 g/mol. The molecule has 0 radical (unpaired) electrons. The summed E-state index contributed by atoms with van der Waals surface area (Å²) in [7, 11) is 0. The summed E-state index contributed by atoms with van der Waals surface area (Å²) in [5, 5.41) is 7.62. The van der Waals surface area contributed by atoms with E-state index in [1.165, 1.54) is 0 Å². The van der Waals surface area contributed by atoms with E-state index in [0.29, 0.717) is 17.0 Å². The van der Waals surface area contributed by atoms with E-state index in [-0.39, 0.29) is 6.42 Å². The Morgan fingerprint density at radius 1 is 1.12 bits per heavy atom. The van der Waals surface area contributed by atoms with Crippen molar-refractivity contribution in [1.82, 2.24) is 10.2 Å². The highest BCUT2D eigenvalue weighted by Crippen LogP contribution is 2.56. The van der Waals surface area contributed by atoms with Gasteiger partial charge in [0, 0.05) is 6.42 Å². The smallest absolute Gasteiger partial charge is 0.206 e. The van der Waals surface area contributed by atoms with Gasteiger partial charge in [-0.25, -0.2) is 8.78 Å². The summed E-state index contributed by atoms with van der Waals surface area (Å²) < 4.78 is 25.5. The van der Waals surface area contributed by atoms with Crippen LogP contribution in [-0.4, -0.2) is 16.1 Å². The minimum Gasteiger partial charge on any atom is -0.206 e. The van der Waals surface area contributed by atoms with Crippen LogP contribution in [0.3, 0.4) is 0 Å². The lowest BCUT2D eigenvalue weighted by Crippen LogP contribution is -2.00. The molecule has 0 saturated heterocycles. The normalized spacial score (nSPS) is 19.4. The molecule has 2 rings (SSSR count). The average Bonchev–Trinajstić information content (AvgIpc) is 2.96. The zero-order valence-electron chi connectivity index (χ0n) is 11.5. The molecule has 1 aliphatic carbocycles. The minimum absolute atomic E-state index is 0.0427. The molecule has 0 spiro atoms. The van der Waals surface area contributed by atoms with Crippen LogP contribution in [0.15, 0.2) is 6.07 Å². The Labute approximate surface area is 102 Å². The van der Waals surface area contributed by atoms with E-state index in [1.54, 1.807) is 19.9 Å². The molecule has 98 valence electrons. The van der Waals surface area contributed by atoms with Gasteiger partial charge in [-0.2, -0.15) is 10.2 Å². The second-order valence-electron chi connectivity index (χ2n) is 3.54. The van der Waals surface area contributed by atoms with Crippen LogP contribution in [0, 0.1) is 13.8 Å². The predicted molar refractivity (Wildman–Crippen MR) is 66.5 cm³/mol. The van der Waals surface area contributed by atoms with Gasteiger partial charge in [-0.05, 0) is 25.5 Å². The molecule has 1 unspecified atom stereocenters. The highest BCUT2D eigenvalue weighted by atomic mass is 19.3. The molecule has 0 aliphatic heterocycles. The van der Waals surface area contributed by atoms with Gasteiger partial charge < -0.3 is 0 Å². The number of aryl methyl sites for hydroxylation is 2. The molecule has 4 heteroatoms. The second kappa shape index (κ2) is 6.62. The molecule has 1 fully saturated rings. The molecule has 1 aromatic rings. The van der Waals surface area contributed by atoms with Crippen LogP contribution in [0.2, 0.25) is 0 Å². The number of alkyl halides is 2. The Hall–Kier alpha value is -1.06. The van der Waals surface area contributed by atoms with Crippen molar-refractivity contribution in [2.45, 2.75) is 59.8 Å². The third-order valence-corrected chi connectivity index (χ3v) is 2.34. The maximum Gasteiger partial charge on any atom is 0.256 e. The van der Waals surface area contributed by atoms with Gasteiger partial charge in [-0.1, -0.05) is 27.7 Å². The maximum absolute atomic E-state index is 12.7. The fourth-order valence-electron chi connectivity index (χ4n) is 1.47. The predicted octanol–water partition coefficient (Wildman–Crippen LogP) is 4.27. The third kappa shape index (κ3) is 4.02. The van der Waals surface area contributed by atoms with Gasteiger partial charge in [-0.3, -0.25) is 0 Å². The van der Waals surface area contributed by atoms with Crippen LogP contribution in [0.1, 0.15) is 57.0 Å². The van der Waals surface area contributed by atoms with Gasteiger partial charge in [-0.15, -0.1) is 0 Å². The van der Waals surface area contributed by atoms with E-state index in [9.17, 15) is 8.78 Å². The first-order chi connectivity index (χ1) is 8.00. The van der Waals surface area contributed by atoms with E-state index < -0.39 is 11.8 Å². The summed E-state index contributed by atoms with van der Waals surface area (Å²) in [6.45, 7) is 11.5. The van der Waals surface area contributed by atoms with Crippen LogP contribution in [-0.2, 0) is 0 Å². The Kier molecular flexibility index (Phi) is 6.21. The molecule has 1 heterocycles. The van der Waals surface area contributed by atoms with Gasteiger partial charge in [0.05, 0.1) is 17.3 Å². The van der Waals surface area contributed by atoms with Gasteiger partial charge in [0.15, 0.2) is 0 Å². The zero-order valence-corrected chi connectivity index (χ0v) is 11.5. The van der Waals surface area contributed by atoms with Crippen molar-refractivity contribution in [1.29, 1.82) is 0 Å². The van der Waals surface area contributed by atoms with Crippen LogP contribution in [0.4, 0.5) is 8.78 Å². The third-order valence-electron chi connectivity index (χ3n) is 2.34. The van der Waals surface area contributed by atoms with Crippen molar-refractivity contribution in [3.63, 3.8) is 0 Å². The molecule has 0 aromatic carbocycles. The lowest BCUT2D eigenvalue weighted by Gasteiger charge is -2.03. The number of rotatable bonds is 1. The Balaban J connectivity index is 0.000000581. The standard InChI is InChI=1S/C9H10F2N2.2C2H6/c1-5-3-7(6(2)13-12-5)8-4-9(8,10)11;2*1-2/h3,8H,4H2,1-2H3;2*1-2H3. The Morgan fingerprint density at radius 2 is 1.59 bits per heavy atom. The highest BCUT2D eigenvalue weighted by molar-refractivity contribution is 5.32. The first-order valence-electron chi connectivity index (χ1n) is 6.19. The van der Waals surface area contributed by atoms with Gasteiger partial charge in [0.25, 0.3) is 5.92 Å². The fourth-order valence-corrected chi connectivity index (χ4v) is 1.47. The molecule has 17 heavy (non-hydrogen) atoms. The van der Waals surface area contributed by atoms with Crippen molar-refractivity contribution in [3.8, 4) is 0 Å². The van der Waals surface area contributed by atoms with Crippen molar-refractivity contribution < 1.29 is 8.78 Å². The fraction of sp³-hybridized carbons (Fsp3) is 0.692. The summed E-state index contributed by atoms with van der Waals surface area (Å²) in [6.07, 6.45) is -0.0427. The van der Waals surface area contributed by atoms with Crippen LogP contribution >= 0.6 is 0 Å². The zero-order chi connectivity index (χ0) is 13.6. The van der Waals surface area contributed by atoms with E-state index in [4.69, 9.17) is 0 Å². The number of aromatic nitrogens is 2. The number of hydrogen-bond donors (Lipinski definition) is 0. The van der Waals surface area contributed by atoms with Crippen LogP contribution in [0.25, 0.3) is 0 Å². The molecule has 1 saturated carbocycles. The number of halogens is 2. The monoisotopic (exact) mass is 244 g/mol. The Morgan fingerprint density at radius 3 is 2.00 bits per heavy atom. The van der Waals surface area contributed by atoms with Crippen molar-refractivity contribution in [2.24, 2.45) is 0 Å². The highest BCUT2D eigenvalue weighted by Gasteiger charge is 2.58.